The van der Waals surface area contributed by atoms with Gasteiger partial charge in [0, 0.05) is 43.2 Å². The average molecular weight is 290 g/mol. The average Bonchev–Trinajstić information content (AvgIpc) is 2.75. The van der Waals surface area contributed by atoms with Gasteiger partial charge in [-0.3, -0.25) is 4.90 Å². The first kappa shape index (κ1) is 14.7. The molecule has 1 atom stereocenters. The van der Waals surface area contributed by atoms with Gasteiger partial charge in [-0.05, 0) is 32.0 Å². The van der Waals surface area contributed by atoms with Gasteiger partial charge >= 0.3 is 0 Å². The van der Waals surface area contributed by atoms with Crippen LogP contribution in [0.2, 0.25) is 0 Å². The lowest BCUT2D eigenvalue weighted by atomic mass is 10.0. The number of benzene rings is 1. The summed E-state index contributed by atoms with van der Waals surface area (Å²) in [7, 11) is 1.76. The van der Waals surface area contributed by atoms with Gasteiger partial charge in [0.15, 0.2) is 0 Å². The molecule has 0 aromatic heterocycles. The number of methoxy groups -OCH3 is 1. The van der Waals surface area contributed by atoms with E-state index in [0.717, 1.165) is 44.1 Å². The molecule has 1 saturated heterocycles. The van der Waals surface area contributed by atoms with E-state index in [1.54, 1.807) is 7.11 Å². The maximum Gasteiger partial charge on any atom is 0.123 e. The summed E-state index contributed by atoms with van der Waals surface area (Å²) in [5.74, 6) is 2.04. The van der Waals surface area contributed by atoms with Crippen molar-refractivity contribution in [1.82, 2.24) is 10.2 Å². The van der Waals surface area contributed by atoms with Crippen LogP contribution < -0.4 is 14.8 Å². The standard InChI is InChI=1S/C17H26N2O2/c1-4-5-19(15-9-18-10-15)11-14-8-17-13(6-12(2)21-17)7-16(14)20-3/h7-8,12,15,18H,4-6,9-11H2,1-3H3. The maximum atomic E-state index is 5.90. The zero-order valence-electron chi connectivity index (χ0n) is 13.3. The van der Waals surface area contributed by atoms with Crippen LogP contribution in [0.5, 0.6) is 11.5 Å². The van der Waals surface area contributed by atoms with Crippen LogP contribution in [-0.2, 0) is 13.0 Å². The molecule has 1 N–H and O–H groups in total. The first-order valence-electron chi connectivity index (χ1n) is 8.02. The normalized spacial score (nSPS) is 21.0. The van der Waals surface area contributed by atoms with E-state index in [1.165, 1.54) is 17.5 Å². The number of hydrogen-bond donors (Lipinski definition) is 1. The van der Waals surface area contributed by atoms with E-state index in [0.29, 0.717) is 6.04 Å². The summed E-state index contributed by atoms with van der Waals surface area (Å²) in [5.41, 5.74) is 2.51. The van der Waals surface area contributed by atoms with Crippen LogP contribution in [0.15, 0.2) is 12.1 Å². The van der Waals surface area contributed by atoms with Crippen LogP contribution in [-0.4, -0.2) is 43.8 Å². The first-order valence-corrected chi connectivity index (χ1v) is 8.02. The minimum Gasteiger partial charge on any atom is -0.496 e. The fraction of sp³-hybridized carbons (Fsp3) is 0.647. The summed E-state index contributed by atoms with van der Waals surface area (Å²) >= 11 is 0. The number of ether oxygens (including phenoxy) is 2. The minimum absolute atomic E-state index is 0.280. The Morgan fingerprint density at radius 2 is 2.19 bits per heavy atom. The van der Waals surface area contributed by atoms with Crippen molar-refractivity contribution in [3.8, 4) is 11.5 Å². The molecule has 0 saturated carbocycles. The highest BCUT2D eigenvalue weighted by Gasteiger charge is 2.26. The molecule has 0 aliphatic carbocycles. The molecule has 116 valence electrons. The molecule has 0 radical (unpaired) electrons. The van der Waals surface area contributed by atoms with Gasteiger partial charge in [-0.2, -0.15) is 0 Å². The molecule has 2 heterocycles. The zero-order valence-corrected chi connectivity index (χ0v) is 13.3. The number of fused-ring (bicyclic) bond motifs is 1. The van der Waals surface area contributed by atoms with E-state index >= 15 is 0 Å². The van der Waals surface area contributed by atoms with Crippen molar-refractivity contribution in [2.24, 2.45) is 0 Å². The topological polar surface area (TPSA) is 33.7 Å². The number of nitrogens with one attached hydrogen (secondary N) is 1. The molecule has 2 aliphatic heterocycles. The molecule has 4 nitrogen and oxygen atoms in total. The van der Waals surface area contributed by atoms with Crippen molar-refractivity contribution in [3.05, 3.63) is 23.3 Å². The van der Waals surface area contributed by atoms with Crippen molar-refractivity contribution in [3.63, 3.8) is 0 Å². The van der Waals surface area contributed by atoms with E-state index in [2.05, 4.69) is 36.2 Å². The summed E-state index contributed by atoms with van der Waals surface area (Å²) in [6.45, 7) is 8.62. The number of rotatable bonds is 6. The Bertz CT molecular complexity index is 500. The van der Waals surface area contributed by atoms with Crippen molar-refractivity contribution < 1.29 is 9.47 Å². The highest BCUT2D eigenvalue weighted by Crippen LogP contribution is 2.35. The Balaban J connectivity index is 1.81. The highest BCUT2D eigenvalue weighted by molar-refractivity contribution is 5.48. The molecule has 21 heavy (non-hydrogen) atoms. The summed E-state index contributed by atoms with van der Waals surface area (Å²) in [6, 6.07) is 5.01. The van der Waals surface area contributed by atoms with E-state index in [9.17, 15) is 0 Å². The Kier molecular flexibility index (Phi) is 4.36. The van der Waals surface area contributed by atoms with Crippen LogP contribution >= 0.6 is 0 Å². The third-order valence-corrected chi connectivity index (χ3v) is 4.46. The van der Waals surface area contributed by atoms with Gasteiger partial charge in [0.1, 0.15) is 17.6 Å². The lowest BCUT2D eigenvalue weighted by Gasteiger charge is -2.38. The third kappa shape index (κ3) is 3.01. The molecule has 1 unspecified atom stereocenters. The second-order valence-electron chi connectivity index (χ2n) is 6.19. The first-order chi connectivity index (χ1) is 10.2. The lowest BCUT2D eigenvalue weighted by molar-refractivity contribution is 0.136. The molecule has 1 aromatic rings. The van der Waals surface area contributed by atoms with Crippen LogP contribution in [0, 0.1) is 0 Å². The Morgan fingerprint density at radius 3 is 2.81 bits per heavy atom. The number of hydrogen-bond acceptors (Lipinski definition) is 4. The predicted octanol–water partition coefficient (Wildman–Crippen LogP) is 2.20. The zero-order chi connectivity index (χ0) is 14.8. The Hall–Kier alpha value is -1.26. The second kappa shape index (κ2) is 6.24. The van der Waals surface area contributed by atoms with Crippen LogP contribution in [0.3, 0.4) is 0 Å². The molecular formula is C17H26N2O2. The summed E-state index contributed by atoms with van der Waals surface area (Å²) in [6.07, 6.45) is 2.44. The van der Waals surface area contributed by atoms with Crippen LogP contribution in [0.4, 0.5) is 0 Å². The molecule has 3 rings (SSSR count). The number of nitrogens with zero attached hydrogens (tertiary/aromatic N) is 1. The molecule has 1 aromatic carbocycles. The molecule has 0 spiro atoms. The van der Waals surface area contributed by atoms with Gasteiger partial charge in [0.25, 0.3) is 0 Å². The molecule has 0 amide bonds. The molecule has 0 bridgehead atoms. The fourth-order valence-corrected chi connectivity index (χ4v) is 3.22. The smallest absolute Gasteiger partial charge is 0.123 e. The summed E-state index contributed by atoms with van der Waals surface area (Å²) in [4.78, 5) is 2.55. The molecular weight excluding hydrogens is 264 g/mol. The molecule has 4 heteroatoms. The minimum atomic E-state index is 0.280. The summed E-state index contributed by atoms with van der Waals surface area (Å²) < 4.78 is 11.5. The summed E-state index contributed by atoms with van der Waals surface area (Å²) in [5, 5.41) is 3.36. The van der Waals surface area contributed by atoms with Crippen molar-refractivity contribution in [1.29, 1.82) is 0 Å². The van der Waals surface area contributed by atoms with Gasteiger partial charge in [0.2, 0.25) is 0 Å². The van der Waals surface area contributed by atoms with Gasteiger partial charge < -0.3 is 14.8 Å². The largest absolute Gasteiger partial charge is 0.496 e. The van der Waals surface area contributed by atoms with Gasteiger partial charge in [-0.25, -0.2) is 0 Å². The molecule has 2 aliphatic rings. The van der Waals surface area contributed by atoms with Gasteiger partial charge in [0.05, 0.1) is 7.11 Å². The second-order valence-corrected chi connectivity index (χ2v) is 6.19. The monoisotopic (exact) mass is 290 g/mol. The maximum absolute atomic E-state index is 5.90. The SMILES string of the molecule is CCCN(Cc1cc2c(cc1OC)CC(C)O2)C1CNC1. The Morgan fingerprint density at radius 1 is 1.38 bits per heavy atom. The Labute approximate surface area is 127 Å². The van der Waals surface area contributed by atoms with Gasteiger partial charge in [-0.1, -0.05) is 6.92 Å². The van der Waals surface area contributed by atoms with Crippen LogP contribution in [0.1, 0.15) is 31.4 Å². The quantitative estimate of drug-likeness (QED) is 0.871. The third-order valence-electron chi connectivity index (χ3n) is 4.46. The van der Waals surface area contributed by atoms with Crippen molar-refractivity contribution in [2.75, 3.05) is 26.7 Å². The van der Waals surface area contributed by atoms with E-state index in [1.807, 2.05) is 0 Å². The van der Waals surface area contributed by atoms with Crippen molar-refractivity contribution in [2.45, 2.75) is 45.4 Å². The lowest BCUT2D eigenvalue weighted by Crippen LogP contribution is -2.56. The molecule has 1 fully saturated rings. The van der Waals surface area contributed by atoms with E-state index < -0.39 is 0 Å². The van der Waals surface area contributed by atoms with E-state index in [-0.39, 0.29) is 6.10 Å². The van der Waals surface area contributed by atoms with Gasteiger partial charge in [-0.15, -0.1) is 0 Å². The van der Waals surface area contributed by atoms with Crippen molar-refractivity contribution >= 4 is 0 Å². The predicted molar refractivity (Wildman–Crippen MR) is 84.1 cm³/mol. The van der Waals surface area contributed by atoms with Crippen LogP contribution in [0.25, 0.3) is 0 Å². The van der Waals surface area contributed by atoms with E-state index in [4.69, 9.17) is 9.47 Å². The highest BCUT2D eigenvalue weighted by atomic mass is 16.5. The fourth-order valence-electron chi connectivity index (χ4n) is 3.22.